The number of aliphatic hydroxyl groups is 1. The van der Waals surface area contributed by atoms with Crippen molar-refractivity contribution in [1.29, 1.82) is 0 Å². The molecule has 0 radical (unpaired) electrons. The fourth-order valence-corrected chi connectivity index (χ4v) is 1.01. The molecule has 5 nitrogen and oxygen atoms in total. The molecule has 1 N–H and O–H groups in total. The molecule has 0 amide bonds. The van der Waals surface area contributed by atoms with Gasteiger partial charge in [-0.15, -0.1) is 0 Å². The van der Waals surface area contributed by atoms with E-state index in [9.17, 15) is 4.79 Å². The van der Waals surface area contributed by atoms with Crippen molar-refractivity contribution in [2.24, 2.45) is 0 Å². The van der Waals surface area contributed by atoms with Crippen molar-refractivity contribution in [1.82, 2.24) is 0 Å². The summed E-state index contributed by atoms with van der Waals surface area (Å²) < 4.78 is 14.7. The number of carbonyl (C=O) groups is 1. The zero-order chi connectivity index (χ0) is 14.8. The highest BCUT2D eigenvalue weighted by Gasteiger charge is 1.91. The predicted molar refractivity (Wildman–Crippen MR) is 75.2 cm³/mol. The largest absolute Gasteiger partial charge is 0.463 e. The van der Waals surface area contributed by atoms with E-state index in [4.69, 9.17) is 14.6 Å². The van der Waals surface area contributed by atoms with Gasteiger partial charge >= 0.3 is 5.97 Å². The second-order valence-corrected chi connectivity index (χ2v) is 4.00. The molecule has 5 heteroatoms. The van der Waals surface area contributed by atoms with E-state index in [1.807, 2.05) is 0 Å². The van der Waals surface area contributed by atoms with Gasteiger partial charge in [0.05, 0.1) is 19.8 Å². The van der Waals surface area contributed by atoms with Gasteiger partial charge in [0.25, 0.3) is 0 Å². The standard InChI is InChI=1S/C8H18O.C6H12O4/c1-3-5-7-9-8-6-4-2;1-6(8)10-5-4-9-3-2-7/h3-8H2,1-2H3;7H,2-5H2,1H3. The molecule has 116 valence electrons. The highest BCUT2D eigenvalue weighted by atomic mass is 16.6. The highest BCUT2D eigenvalue weighted by Crippen LogP contribution is 1.91. The Hall–Kier alpha value is -0.650. The molecule has 0 aliphatic carbocycles. The van der Waals surface area contributed by atoms with Crippen LogP contribution < -0.4 is 0 Å². The van der Waals surface area contributed by atoms with E-state index in [1.54, 1.807) is 0 Å². The van der Waals surface area contributed by atoms with E-state index < -0.39 is 0 Å². The molecule has 0 spiro atoms. The van der Waals surface area contributed by atoms with Crippen LogP contribution in [0.4, 0.5) is 0 Å². The number of ether oxygens (including phenoxy) is 3. The van der Waals surface area contributed by atoms with Crippen LogP contribution in [0.25, 0.3) is 0 Å². The second kappa shape index (κ2) is 19.7. The third-order valence-corrected chi connectivity index (χ3v) is 2.05. The lowest BCUT2D eigenvalue weighted by atomic mass is 10.3. The zero-order valence-electron chi connectivity index (χ0n) is 12.7. The minimum absolute atomic E-state index is 0.0000709. The average molecular weight is 278 g/mol. The van der Waals surface area contributed by atoms with Gasteiger partial charge in [-0.25, -0.2) is 0 Å². The molecule has 0 bridgehead atoms. The molecular weight excluding hydrogens is 248 g/mol. The van der Waals surface area contributed by atoms with E-state index in [0.29, 0.717) is 13.2 Å². The van der Waals surface area contributed by atoms with Gasteiger partial charge < -0.3 is 19.3 Å². The summed E-state index contributed by atoms with van der Waals surface area (Å²) in [5.41, 5.74) is 0. The van der Waals surface area contributed by atoms with E-state index in [1.165, 1.54) is 32.6 Å². The highest BCUT2D eigenvalue weighted by molar-refractivity contribution is 5.65. The summed E-state index contributed by atoms with van der Waals surface area (Å²) in [7, 11) is 0. The van der Waals surface area contributed by atoms with Gasteiger partial charge in [-0.3, -0.25) is 4.79 Å². The van der Waals surface area contributed by atoms with Gasteiger partial charge in [0.1, 0.15) is 6.61 Å². The van der Waals surface area contributed by atoms with Crippen LogP contribution in [0.2, 0.25) is 0 Å². The fraction of sp³-hybridized carbons (Fsp3) is 0.929. The predicted octanol–water partition coefficient (Wildman–Crippen LogP) is 2.16. The molecule has 0 saturated heterocycles. The van der Waals surface area contributed by atoms with Gasteiger partial charge in [-0.2, -0.15) is 0 Å². The van der Waals surface area contributed by atoms with Crippen LogP contribution >= 0.6 is 0 Å². The Morgan fingerprint density at radius 1 is 0.895 bits per heavy atom. The van der Waals surface area contributed by atoms with Crippen LogP contribution in [-0.2, 0) is 19.0 Å². The molecule has 0 heterocycles. The Morgan fingerprint density at radius 3 is 1.84 bits per heavy atom. The number of carbonyl (C=O) groups excluding carboxylic acids is 1. The molecule has 0 saturated carbocycles. The number of rotatable bonds is 11. The van der Waals surface area contributed by atoms with Crippen LogP contribution in [-0.4, -0.2) is 50.7 Å². The van der Waals surface area contributed by atoms with Crippen LogP contribution in [0.5, 0.6) is 0 Å². The zero-order valence-corrected chi connectivity index (χ0v) is 12.7. The normalized spacial score (nSPS) is 9.68. The Labute approximate surface area is 117 Å². The summed E-state index contributed by atoms with van der Waals surface area (Å²) >= 11 is 0. The molecule has 0 aromatic rings. The Bertz CT molecular complexity index is 167. The molecule has 19 heavy (non-hydrogen) atoms. The summed E-state index contributed by atoms with van der Waals surface area (Å²) in [6.45, 7) is 8.52. The topological polar surface area (TPSA) is 65.0 Å². The van der Waals surface area contributed by atoms with Crippen molar-refractivity contribution in [3.05, 3.63) is 0 Å². The van der Waals surface area contributed by atoms with Crippen LogP contribution in [0.1, 0.15) is 46.5 Å². The molecule has 0 unspecified atom stereocenters. The van der Waals surface area contributed by atoms with Crippen molar-refractivity contribution in [2.45, 2.75) is 46.5 Å². The number of hydrogen-bond acceptors (Lipinski definition) is 5. The first-order valence-electron chi connectivity index (χ1n) is 7.08. The first kappa shape index (κ1) is 20.7. The van der Waals surface area contributed by atoms with Gasteiger partial charge in [0.15, 0.2) is 0 Å². The van der Waals surface area contributed by atoms with E-state index in [0.717, 1.165) is 13.2 Å². The number of esters is 1. The lowest BCUT2D eigenvalue weighted by Gasteiger charge is -2.01. The minimum Gasteiger partial charge on any atom is -0.463 e. The van der Waals surface area contributed by atoms with Crippen LogP contribution in [0.15, 0.2) is 0 Å². The fourth-order valence-electron chi connectivity index (χ4n) is 1.01. The molecule has 0 aromatic carbocycles. The van der Waals surface area contributed by atoms with Gasteiger partial charge in [0.2, 0.25) is 0 Å². The average Bonchev–Trinajstić information content (AvgIpc) is 2.39. The quantitative estimate of drug-likeness (QED) is 0.463. The van der Waals surface area contributed by atoms with Crippen LogP contribution in [0.3, 0.4) is 0 Å². The van der Waals surface area contributed by atoms with Crippen molar-refractivity contribution in [3.63, 3.8) is 0 Å². The number of hydrogen-bond donors (Lipinski definition) is 1. The van der Waals surface area contributed by atoms with Crippen molar-refractivity contribution >= 4 is 5.97 Å². The lowest BCUT2D eigenvalue weighted by Crippen LogP contribution is -2.09. The smallest absolute Gasteiger partial charge is 0.302 e. The maximum Gasteiger partial charge on any atom is 0.302 e. The summed E-state index contributed by atoms with van der Waals surface area (Å²) in [6.07, 6.45) is 4.91. The molecule has 0 aliphatic rings. The van der Waals surface area contributed by atoms with Crippen molar-refractivity contribution in [2.75, 3.05) is 39.6 Å². The maximum atomic E-state index is 10.1. The lowest BCUT2D eigenvalue weighted by molar-refractivity contribution is -0.142. The molecule has 0 rings (SSSR count). The summed E-state index contributed by atoms with van der Waals surface area (Å²) in [6, 6.07) is 0. The van der Waals surface area contributed by atoms with Crippen LogP contribution in [0, 0.1) is 0 Å². The van der Waals surface area contributed by atoms with E-state index >= 15 is 0 Å². The first-order chi connectivity index (χ1) is 9.18. The van der Waals surface area contributed by atoms with E-state index in [-0.39, 0.29) is 19.2 Å². The number of unbranched alkanes of at least 4 members (excludes halogenated alkanes) is 2. The first-order valence-corrected chi connectivity index (χ1v) is 7.08. The SMILES string of the molecule is CC(=O)OCCOCCO.CCCCOCCCC. The molecule has 0 fully saturated rings. The summed E-state index contributed by atoms with van der Waals surface area (Å²) in [4.78, 5) is 10.1. The minimum atomic E-state index is -0.312. The monoisotopic (exact) mass is 278 g/mol. The third-order valence-electron chi connectivity index (χ3n) is 2.05. The van der Waals surface area contributed by atoms with Crippen molar-refractivity contribution in [3.8, 4) is 0 Å². The summed E-state index contributed by atoms with van der Waals surface area (Å²) in [5.74, 6) is -0.312. The Kier molecular flexibility index (Phi) is 21.4. The summed E-state index contributed by atoms with van der Waals surface area (Å²) in [5, 5.41) is 8.24. The van der Waals surface area contributed by atoms with Crippen molar-refractivity contribution < 1.29 is 24.1 Å². The molecular formula is C14H30O5. The maximum absolute atomic E-state index is 10.1. The second-order valence-electron chi connectivity index (χ2n) is 4.00. The van der Waals surface area contributed by atoms with Gasteiger partial charge in [0, 0.05) is 20.1 Å². The molecule has 0 atom stereocenters. The van der Waals surface area contributed by atoms with E-state index in [2.05, 4.69) is 18.6 Å². The Morgan fingerprint density at radius 2 is 1.42 bits per heavy atom. The third kappa shape index (κ3) is 26.8. The molecule has 0 aliphatic heterocycles. The molecule has 0 aromatic heterocycles. The van der Waals surface area contributed by atoms with Gasteiger partial charge in [-0.1, -0.05) is 26.7 Å². The number of aliphatic hydroxyl groups excluding tert-OH is 1. The Balaban J connectivity index is 0. The van der Waals surface area contributed by atoms with Gasteiger partial charge in [-0.05, 0) is 12.8 Å².